The molecular weight excluding hydrogens is 145 g/mol. The number of hydrogen-bond acceptors (Lipinski definition) is 2. The van der Waals surface area contributed by atoms with Crippen LogP contribution in [0.1, 0.15) is 0 Å². The van der Waals surface area contributed by atoms with Gasteiger partial charge in [-0.05, 0) is 0 Å². The maximum Gasteiger partial charge on any atom is 1.00 e. The van der Waals surface area contributed by atoms with E-state index >= 15 is 0 Å². The summed E-state index contributed by atoms with van der Waals surface area (Å²) in [5.41, 5.74) is 0. The minimum atomic E-state index is 0. The topological polar surface area (TPSA) is 0 Å². The summed E-state index contributed by atoms with van der Waals surface area (Å²) in [5, 5.41) is 5.88. The van der Waals surface area contributed by atoms with E-state index in [0.29, 0.717) is 0 Å². The average molecular weight is 148 g/mol. The van der Waals surface area contributed by atoms with Crippen molar-refractivity contribution in [2.45, 2.75) is 4.90 Å². The molecule has 0 aliphatic heterocycles. The summed E-state index contributed by atoms with van der Waals surface area (Å²) < 4.78 is 0. The van der Waals surface area contributed by atoms with Gasteiger partial charge in [-0.25, -0.2) is 0 Å². The third-order valence-corrected chi connectivity index (χ3v) is 1.77. The Morgan fingerprint density at radius 3 is 2.20 bits per heavy atom. The standard InChI is InChI=1S/C5H3S2.3Li/c1-6-5-2-3-7-4-5;;;/h2H,1H2;;;/q-3;3*+1. The van der Waals surface area contributed by atoms with Gasteiger partial charge in [0.05, 0.1) is 0 Å². The zero-order valence-corrected chi connectivity index (χ0v) is 8.23. The number of rotatable bonds is 1. The van der Waals surface area contributed by atoms with Gasteiger partial charge in [0.15, 0.2) is 0 Å². The summed E-state index contributed by atoms with van der Waals surface area (Å²) in [5.74, 6) is 0. The molecule has 0 radical (unpaired) electrons. The second-order valence-electron chi connectivity index (χ2n) is 0.975. The molecule has 10 heavy (non-hydrogen) atoms. The molecule has 0 aliphatic carbocycles. The first-order chi connectivity index (χ1) is 3.43. The fourth-order valence-corrected chi connectivity index (χ4v) is 1.24. The Hall–Kier alpha value is 1.84. The van der Waals surface area contributed by atoms with Gasteiger partial charge in [0.25, 0.3) is 0 Å². The molecule has 1 rings (SSSR count). The third-order valence-electron chi connectivity index (χ3n) is 0.556. The molecule has 0 nitrogen and oxygen atoms in total. The second-order valence-corrected chi connectivity index (χ2v) is 2.35. The van der Waals surface area contributed by atoms with Gasteiger partial charge in [-0.1, -0.05) is 0 Å². The normalized spacial score (nSPS) is 6.50. The maximum absolute atomic E-state index is 3.60. The maximum atomic E-state index is 3.60. The van der Waals surface area contributed by atoms with Gasteiger partial charge >= 0.3 is 56.6 Å². The summed E-state index contributed by atoms with van der Waals surface area (Å²) in [4.78, 5) is 1.07. The number of hydrogen-bond donors (Lipinski definition) is 0. The Bertz CT molecular complexity index is 129. The fraction of sp³-hybridized carbons (Fsp3) is 0. The van der Waals surface area contributed by atoms with Crippen LogP contribution in [0.15, 0.2) is 11.0 Å². The summed E-state index contributed by atoms with van der Waals surface area (Å²) in [7, 11) is 0. The molecule has 0 unspecified atom stereocenters. The van der Waals surface area contributed by atoms with E-state index in [-0.39, 0.29) is 56.6 Å². The molecule has 0 bridgehead atoms. The molecule has 1 aromatic heterocycles. The van der Waals surface area contributed by atoms with Gasteiger partial charge in [-0.2, -0.15) is 0 Å². The quantitative estimate of drug-likeness (QED) is 0.217. The number of thioether (sulfide) groups is 1. The summed E-state index contributed by atoms with van der Waals surface area (Å²) in [6.45, 7) is 0. The van der Waals surface area contributed by atoms with E-state index in [2.05, 4.69) is 17.0 Å². The predicted octanol–water partition coefficient (Wildman–Crippen LogP) is -6.76. The molecule has 1 aromatic rings. The van der Waals surface area contributed by atoms with Crippen molar-refractivity contribution < 1.29 is 56.6 Å². The van der Waals surface area contributed by atoms with E-state index < -0.39 is 0 Å². The van der Waals surface area contributed by atoms with Crippen LogP contribution < -0.4 is 56.6 Å². The van der Waals surface area contributed by atoms with E-state index in [1.54, 1.807) is 0 Å². The van der Waals surface area contributed by atoms with Gasteiger partial charge < -0.3 is 34.5 Å². The van der Waals surface area contributed by atoms with E-state index in [9.17, 15) is 0 Å². The molecule has 38 valence electrons. The molecular formula is C5H3Li3S2. The van der Waals surface area contributed by atoms with Crippen molar-refractivity contribution in [1.29, 1.82) is 0 Å². The van der Waals surface area contributed by atoms with E-state index in [1.807, 2.05) is 6.07 Å². The van der Waals surface area contributed by atoms with Crippen LogP contribution in [0.2, 0.25) is 0 Å². The van der Waals surface area contributed by atoms with Gasteiger partial charge in [0.1, 0.15) is 0 Å². The minimum absolute atomic E-state index is 0. The first kappa shape index (κ1) is 17.8. The van der Waals surface area contributed by atoms with Crippen molar-refractivity contribution in [2.24, 2.45) is 0 Å². The van der Waals surface area contributed by atoms with Crippen LogP contribution in [0.3, 0.4) is 0 Å². The SMILES string of the molecule is [CH2-]Sc1[c-]s[c-]c1.[Li+].[Li+].[Li+]. The van der Waals surface area contributed by atoms with Crippen LogP contribution >= 0.6 is 23.1 Å². The Labute approximate surface area is 106 Å². The van der Waals surface area contributed by atoms with Crippen molar-refractivity contribution >= 4 is 23.1 Å². The van der Waals surface area contributed by atoms with Crippen molar-refractivity contribution in [3.8, 4) is 0 Å². The molecule has 0 N–H and O–H groups in total. The Balaban J connectivity index is -0.000000163. The summed E-state index contributed by atoms with van der Waals surface area (Å²) >= 11 is 2.90. The molecule has 0 spiro atoms. The third kappa shape index (κ3) is 6.55. The minimum Gasteiger partial charge on any atom is -0.473 e. The van der Waals surface area contributed by atoms with E-state index in [0.717, 1.165) is 4.90 Å². The Morgan fingerprint density at radius 1 is 1.40 bits per heavy atom. The molecule has 0 saturated heterocycles. The first-order valence-corrected chi connectivity index (χ1v) is 3.53. The molecule has 0 aliphatic rings. The van der Waals surface area contributed by atoms with Crippen LogP contribution in [0.4, 0.5) is 0 Å². The van der Waals surface area contributed by atoms with Crippen LogP contribution in [-0.2, 0) is 0 Å². The largest absolute Gasteiger partial charge is 1.00 e. The second kappa shape index (κ2) is 10.8. The fourth-order valence-electron chi connectivity index (χ4n) is 0.263. The molecule has 0 saturated carbocycles. The smallest absolute Gasteiger partial charge is 0.473 e. The van der Waals surface area contributed by atoms with Gasteiger partial charge in [0.2, 0.25) is 0 Å². The van der Waals surface area contributed by atoms with E-state index in [4.69, 9.17) is 0 Å². The van der Waals surface area contributed by atoms with Gasteiger partial charge in [-0.3, -0.25) is 16.5 Å². The molecule has 0 fully saturated rings. The zero-order chi connectivity index (χ0) is 5.11. The van der Waals surface area contributed by atoms with Crippen LogP contribution in [0, 0.1) is 17.0 Å². The summed E-state index contributed by atoms with van der Waals surface area (Å²) in [6, 6.07) is 1.88. The van der Waals surface area contributed by atoms with Crippen molar-refractivity contribution in [3.63, 3.8) is 0 Å². The summed E-state index contributed by atoms with van der Waals surface area (Å²) in [6.07, 6.45) is 3.60. The molecule has 0 aromatic carbocycles. The Kier molecular flexibility index (Phi) is 19.3. The van der Waals surface area contributed by atoms with Crippen molar-refractivity contribution in [3.05, 3.63) is 23.1 Å². The monoisotopic (exact) mass is 148 g/mol. The van der Waals surface area contributed by atoms with Crippen LogP contribution in [0.5, 0.6) is 0 Å². The van der Waals surface area contributed by atoms with Crippen molar-refractivity contribution in [2.75, 3.05) is 0 Å². The first-order valence-electron chi connectivity index (χ1n) is 1.73. The molecule has 0 atom stereocenters. The molecule has 0 amide bonds. The van der Waals surface area contributed by atoms with E-state index in [1.165, 1.54) is 23.1 Å². The van der Waals surface area contributed by atoms with Crippen LogP contribution in [0.25, 0.3) is 0 Å². The Morgan fingerprint density at radius 2 is 2.00 bits per heavy atom. The van der Waals surface area contributed by atoms with Gasteiger partial charge in [0, 0.05) is 0 Å². The average Bonchev–Trinajstić information content (AvgIpc) is 2.14. The zero-order valence-electron chi connectivity index (χ0n) is 6.60. The number of thiophene rings is 1. The molecule has 1 heterocycles. The predicted molar refractivity (Wildman–Crippen MR) is 33.2 cm³/mol. The van der Waals surface area contributed by atoms with Crippen LogP contribution in [-0.4, -0.2) is 0 Å². The van der Waals surface area contributed by atoms with Crippen molar-refractivity contribution in [1.82, 2.24) is 0 Å². The van der Waals surface area contributed by atoms with Gasteiger partial charge in [-0.15, -0.1) is 0 Å². The molecule has 5 heteroatoms.